The van der Waals surface area contributed by atoms with Gasteiger partial charge in [-0.05, 0) is 38.2 Å². The highest BCUT2D eigenvalue weighted by atomic mass is 32.1. The number of H-pyrrole nitrogens is 1. The van der Waals surface area contributed by atoms with Crippen molar-refractivity contribution in [1.82, 2.24) is 15.2 Å². The number of rotatable bonds is 3. The van der Waals surface area contributed by atoms with Gasteiger partial charge in [0.2, 0.25) is 5.13 Å². The Kier molecular flexibility index (Phi) is 4.39. The zero-order chi connectivity index (χ0) is 17.4. The van der Waals surface area contributed by atoms with Crippen LogP contribution in [0.15, 0.2) is 0 Å². The molecule has 1 fully saturated rings. The summed E-state index contributed by atoms with van der Waals surface area (Å²) in [6.07, 6.45) is 4.07. The summed E-state index contributed by atoms with van der Waals surface area (Å²) in [5.74, 6) is 0.204. The number of aryl methyl sites for hydroxylation is 1. The molecule has 0 aromatic carbocycles. The van der Waals surface area contributed by atoms with Gasteiger partial charge in [-0.1, -0.05) is 11.3 Å². The van der Waals surface area contributed by atoms with Crippen LogP contribution in [0.2, 0.25) is 0 Å². The van der Waals surface area contributed by atoms with E-state index in [1.165, 1.54) is 11.3 Å². The summed E-state index contributed by atoms with van der Waals surface area (Å²) in [4.78, 5) is 27.8. The Balaban J connectivity index is 1.51. The molecule has 2 aromatic rings. The predicted molar refractivity (Wildman–Crippen MR) is 93.5 cm³/mol. The van der Waals surface area contributed by atoms with Gasteiger partial charge in [0.1, 0.15) is 10.7 Å². The molecule has 4 rings (SSSR count). The van der Waals surface area contributed by atoms with Gasteiger partial charge in [0.25, 0.3) is 5.91 Å². The number of Topliss-reactive ketones (excluding diaryl/α,β-unsaturated/α-hetero) is 1. The van der Waals surface area contributed by atoms with Crippen LogP contribution in [0.25, 0.3) is 0 Å². The van der Waals surface area contributed by atoms with E-state index in [1.54, 1.807) is 0 Å². The number of nitrogens with one attached hydrogen (secondary N) is 2. The summed E-state index contributed by atoms with van der Waals surface area (Å²) < 4.78 is 5.37. The maximum Gasteiger partial charge on any atom is 0.274 e. The molecule has 0 atom stereocenters. The van der Waals surface area contributed by atoms with Crippen molar-refractivity contribution in [3.63, 3.8) is 0 Å². The second-order valence-electron chi connectivity index (χ2n) is 6.54. The number of ketones is 1. The molecular weight excluding hydrogens is 340 g/mol. The maximum absolute atomic E-state index is 12.6. The number of aromatic amines is 1. The number of amides is 1. The van der Waals surface area contributed by atoms with E-state index >= 15 is 0 Å². The van der Waals surface area contributed by atoms with E-state index in [0.29, 0.717) is 28.7 Å². The molecule has 132 valence electrons. The molecule has 0 unspecified atom stereocenters. The molecular formula is C17H20N4O3S. The Labute approximate surface area is 149 Å². The maximum atomic E-state index is 12.6. The van der Waals surface area contributed by atoms with Gasteiger partial charge in [-0.25, -0.2) is 0 Å². The highest BCUT2D eigenvalue weighted by Gasteiger charge is 2.27. The fourth-order valence-electron chi connectivity index (χ4n) is 3.56. The Morgan fingerprint density at radius 2 is 2.08 bits per heavy atom. The molecule has 0 bridgehead atoms. The summed E-state index contributed by atoms with van der Waals surface area (Å²) in [5, 5.41) is 12.6. The fraction of sp³-hybridized carbons (Fsp3) is 0.529. The van der Waals surface area contributed by atoms with Gasteiger partial charge in [0, 0.05) is 36.8 Å². The number of nitrogens with zero attached hydrogens (tertiary/aromatic N) is 2. The number of aromatic nitrogens is 3. The van der Waals surface area contributed by atoms with E-state index < -0.39 is 0 Å². The molecule has 0 saturated carbocycles. The number of carbonyl (C=O) groups is 2. The van der Waals surface area contributed by atoms with E-state index in [1.807, 2.05) is 6.92 Å². The van der Waals surface area contributed by atoms with Crippen molar-refractivity contribution in [3.8, 4) is 0 Å². The van der Waals surface area contributed by atoms with Crippen molar-refractivity contribution in [2.75, 3.05) is 18.5 Å². The Morgan fingerprint density at radius 3 is 2.84 bits per heavy atom. The van der Waals surface area contributed by atoms with Crippen LogP contribution >= 0.6 is 11.3 Å². The largest absolute Gasteiger partial charge is 0.381 e. The normalized spacial score (nSPS) is 18.2. The third-order valence-electron chi connectivity index (χ3n) is 4.90. The van der Waals surface area contributed by atoms with Gasteiger partial charge in [0.05, 0.1) is 0 Å². The SMILES string of the molecule is Cc1c(C(=O)Nc2nnc(C3CCOCC3)s2)[nH]c2c1C(=O)CCC2. The van der Waals surface area contributed by atoms with Crippen molar-refractivity contribution in [3.05, 3.63) is 27.5 Å². The molecule has 2 aliphatic rings. The molecule has 25 heavy (non-hydrogen) atoms. The molecule has 1 aliphatic carbocycles. The van der Waals surface area contributed by atoms with Gasteiger partial charge in [-0.3, -0.25) is 14.9 Å². The number of hydrogen-bond donors (Lipinski definition) is 2. The van der Waals surface area contributed by atoms with Crippen LogP contribution in [0.3, 0.4) is 0 Å². The quantitative estimate of drug-likeness (QED) is 0.877. The minimum Gasteiger partial charge on any atom is -0.381 e. The first kappa shape index (κ1) is 16.4. The minimum absolute atomic E-state index is 0.117. The first-order valence-corrected chi connectivity index (χ1v) is 9.42. The van der Waals surface area contributed by atoms with Crippen LogP contribution in [-0.2, 0) is 11.2 Å². The van der Waals surface area contributed by atoms with Crippen LogP contribution < -0.4 is 5.32 Å². The number of fused-ring (bicyclic) bond motifs is 1. The molecule has 1 aliphatic heterocycles. The molecule has 7 nitrogen and oxygen atoms in total. The zero-order valence-corrected chi connectivity index (χ0v) is 14.9. The smallest absolute Gasteiger partial charge is 0.274 e. The van der Waals surface area contributed by atoms with Gasteiger partial charge in [-0.15, -0.1) is 10.2 Å². The highest BCUT2D eigenvalue weighted by molar-refractivity contribution is 7.15. The summed E-state index contributed by atoms with van der Waals surface area (Å²) >= 11 is 1.41. The van der Waals surface area contributed by atoms with E-state index in [9.17, 15) is 9.59 Å². The van der Waals surface area contributed by atoms with Crippen LogP contribution in [0.5, 0.6) is 0 Å². The first-order valence-electron chi connectivity index (χ1n) is 8.60. The van der Waals surface area contributed by atoms with Crippen molar-refractivity contribution in [2.45, 2.75) is 44.9 Å². The lowest BCUT2D eigenvalue weighted by Gasteiger charge is -2.18. The van der Waals surface area contributed by atoms with Gasteiger partial charge >= 0.3 is 0 Å². The number of hydrogen-bond acceptors (Lipinski definition) is 6. The lowest BCUT2D eigenvalue weighted by Crippen LogP contribution is -2.14. The van der Waals surface area contributed by atoms with Crippen molar-refractivity contribution in [1.29, 1.82) is 0 Å². The van der Waals surface area contributed by atoms with Crippen LogP contribution in [0, 0.1) is 6.92 Å². The molecule has 0 radical (unpaired) electrons. The molecule has 3 heterocycles. The number of carbonyl (C=O) groups excluding carboxylic acids is 2. The predicted octanol–water partition coefficient (Wildman–Crippen LogP) is 2.84. The summed E-state index contributed by atoms with van der Waals surface area (Å²) in [6, 6.07) is 0. The summed E-state index contributed by atoms with van der Waals surface area (Å²) in [7, 11) is 0. The van der Waals surface area contributed by atoms with Gasteiger partial charge < -0.3 is 9.72 Å². The van der Waals surface area contributed by atoms with Crippen molar-refractivity contribution in [2.24, 2.45) is 0 Å². The molecule has 1 amide bonds. The lowest BCUT2D eigenvalue weighted by molar-refractivity contribution is 0.0851. The molecule has 0 spiro atoms. The van der Waals surface area contributed by atoms with E-state index in [-0.39, 0.29) is 11.7 Å². The minimum atomic E-state index is -0.269. The third kappa shape index (κ3) is 3.11. The first-order chi connectivity index (χ1) is 12.1. The fourth-order valence-corrected chi connectivity index (χ4v) is 4.46. The van der Waals surface area contributed by atoms with E-state index in [4.69, 9.17) is 4.74 Å². The molecule has 1 saturated heterocycles. The van der Waals surface area contributed by atoms with Gasteiger partial charge in [0.15, 0.2) is 5.78 Å². The van der Waals surface area contributed by atoms with Crippen LogP contribution in [0.4, 0.5) is 5.13 Å². The van der Waals surface area contributed by atoms with E-state index in [2.05, 4.69) is 20.5 Å². The Hall–Kier alpha value is -2.06. The Morgan fingerprint density at radius 1 is 1.28 bits per heavy atom. The van der Waals surface area contributed by atoms with Crippen molar-refractivity contribution >= 4 is 28.2 Å². The second kappa shape index (κ2) is 6.68. The van der Waals surface area contributed by atoms with Crippen LogP contribution in [-0.4, -0.2) is 40.1 Å². The standard InChI is InChI=1S/C17H20N4O3S/c1-9-13-11(3-2-4-12(13)22)18-14(9)15(23)19-17-21-20-16(25-17)10-5-7-24-8-6-10/h10,18H,2-8H2,1H3,(H,19,21,23). The van der Waals surface area contributed by atoms with E-state index in [0.717, 1.165) is 55.2 Å². The average Bonchev–Trinajstić information content (AvgIpc) is 3.21. The monoisotopic (exact) mass is 360 g/mol. The molecule has 2 aromatic heterocycles. The number of anilines is 1. The third-order valence-corrected chi connectivity index (χ3v) is 5.90. The average molecular weight is 360 g/mol. The Bertz CT molecular complexity index is 820. The second-order valence-corrected chi connectivity index (χ2v) is 7.55. The number of ether oxygens (including phenoxy) is 1. The lowest BCUT2D eigenvalue weighted by atomic mass is 9.94. The van der Waals surface area contributed by atoms with Gasteiger partial charge in [-0.2, -0.15) is 0 Å². The molecule has 8 heteroatoms. The van der Waals surface area contributed by atoms with Crippen LogP contribution in [0.1, 0.15) is 68.7 Å². The molecule has 2 N–H and O–H groups in total. The summed E-state index contributed by atoms with van der Waals surface area (Å²) in [5.41, 5.74) is 2.74. The van der Waals surface area contributed by atoms with Crippen molar-refractivity contribution < 1.29 is 14.3 Å². The highest BCUT2D eigenvalue weighted by Crippen LogP contribution is 2.31. The zero-order valence-electron chi connectivity index (χ0n) is 14.1. The topological polar surface area (TPSA) is 97.0 Å². The summed E-state index contributed by atoms with van der Waals surface area (Å²) in [6.45, 7) is 3.31.